The van der Waals surface area contributed by atoms with E-state index in [1.54, 1.807) is 0 Å². The van der Waals surface area contributed by atoms with Crippen molar-refractivity contribution >= 4 is 5.97 Å². The van der Waals surface area contributed by atoms with Gasteiger partial charge < -0.3 is 14.7 Å². The summed E-state index contributed by atoms with van der Waals surface area (Å²) in [5.74, 6) is 0.152. The molecule has 0 saturated heterocycles. The summed E-state index contributed by atoms with van der Waals surface area (Å²) in [6.45, 7) is 5.96. The van der Waals surface area contributed by atoms with E-state index >= 15 is 0 Å². The SMILES string of the molecule is CCOc1ccc(CN(C)CCC(=O)O)cc1C. The molecule has 0 aliphatic heterocycles. The van der Waals surface area contributed by atoms with Gasteiger partial charge in [0.25, 0.3) is 0 Å². The van der Waals surface area contributed by atoms with E-state index < -0.39 is 5.97 Å². The summed E-state index contributed by atoms with van der Waals surface area (Å²) in [5.41, 5.74) is 2.28. The van der Waals surface area contributed by atoms with Crippen molar-refractivity contribution in [2.24, 2.45) is 0 Å². The van der Waals surface area contributed by atoms with Gasteiger partial charge in [-0.3, -0.25) is 4.79 Å². The van der Waals surface area contributed by atoms with Crippen LogP contribution in [0.15, 0.2) is 18.2 Å². The number of aryl methyl sites for hydroxylation is 1. The maximum Gasteiger partial charge on any atom is 0.304 e. The van der Waals surface area contributed by atoms with Crippen LogP contribution in [0.4, 0.5) is 0 Å². The van der Waals surface area contributed by atoms with E-state index in [0.717, 1.165) is 17.9 Å². The number of hydrogen-bond donors (Lipinski definition) is 1. The molecular formula is C14H21NO3. The predicted octanol–water partition coefficient (Wildman–Crippen LogP) is 2.30. The maximum absolute atomic E-state index is 10.5. The Labute approximate surface area is 108 Å². The molecule has 18 heavy (non-hydrogen) atoms. The molecule has 1 aromatic rings. The summed E-state index contributed by atoms with van der Waals surface area (Å²) in [7, 11) is 1.93. The molecular weight excluding hydrogens is 230 g/mol. The second-order valence-corrected chi connectivity index (χ2v) is 4.41. The van der Waals surface area contributed by atoms with Gasteiger partial charge in [0.15, 0.2) is 0 Å². The highest BCUT2D eigenvalue weighted by Crippen LogP contribution is 2.19. The van der Waals surface area contributed by atoms with E-state index in [1.807, 2.05) is 37.9 Å². The molecule has 0 amide bonds. The third kappa shape index (κ3) is 4.75. The number of hydrogen-bond acceptors (Lipinski definition) is 3. The minimum absolute atomic E-state index is 0.173. The lowest BCUT2D eigenvalue weighted by Crippen LogP contribution is -2.21. The number of carboxylic acid groups (broad SMARTS) is 1. The zero-order valence-electron chi connectivity index (χ0n) is 11.3. The quantitative estimate of drug-likeness (QED) is 0.808. The van der Waals surface area contributed by atoms with Gasteiger partial charge in [-0.15, -0.1) is 0 Å². The molecule has 0 fully saturated rings. The molecule has 0 heterocycles. The molecule has 1 aromatic carbocycles. The largest absolute Gasteiger partial charge is 0.494 e. The van der Waals surface area contributed by atoms with Crippen LogP contribution in [0.3, 0.4) is 0 Å². The Kier molecular flexibility index (Phi) is 5.65. The fraction of sp³-hybridized carbons (Fsp3) is 0.500. The standard InChI is InChI=1S/C14H21NO3/c1-4-18-13-6-5-12(9-11(13)2)10-15(3)8-7-14(16)17/h5-6,9H,4,7-8,10H2,1-3H3,(H,16,17). The number of benzene rings is 1. The molecule has 0 unspecified atom stereocenters. The Morgan fingerprint density at radius 1 is 1.44 bits per heavy atom. The van der Waals surface area contributed by atoms with Crippen LogP contribution < -0.4 is 4.74 Å². The Morgan fingerprint density at radius 2 is 2.17 bits per heavy atom. The lowest BCUT2D eigenvalue weighted by Gasteiger charge is -2.16. The molecule has 0 aliphatic carbocycles. The summed E-state index contributed by atoms with van der Waals surface area (Å²) in [6, 6.07) is 6.08. The van der Waals surface area contributed by atoms with E-state index in [-0.39, 0.29) is 6.42 Å². The molecule has 100 valence electrons. The van der Waals surface area contributed by atoms with Crippen molar-refractivity contribution in [2.45, 2.75) is 26.8 Å². The highest BCUT2D eigenvalue weighted by molar-refractivity contribution is 5.66. The minimum Gasteiger partial charge on any atom is -0.494 e. The number of ether oxygens (including phenoxy) is 1. The first-order chi connectivity index (χ1) is 8.52. The molecule has 0 spiro atoms. The van der Waals surface area contributed by atoms with Gasteiger partial charge in [0.05, 0.1) is 13.0 Å². The van der Waals surface area contributed by atoms with Crippen LogP contribution in [-0.4, -0.2) is 36.2 Å². The molecule has 4 nitrogen and oxygen atoms in total. The highest BCUT2D eigenvalue weighted by Gasteiger charge is 2.05. The van der Waals surface area contributed by atoms with Crippen molar-refractivity contribution in [1.82, 2.24) is 4.90 Å². The van der Waals surface area contributed by atoms with Crippen LogP contribution in [0.2, 0.25) is 0 Å². The fourth-order valence-electron chi connectivity index (χ4n) is 1.80. The zero-order valence-corrected chi connectivity index (χ0v) is 11.3. The lowest BCUT2D eigenvalue weighted by molar-refractivity contribution is -0.137. The van der Waals surface area contributed by atoms with Crippen molar-refractivity contribution in [1.29, 1.82) is 0 Å². The normalized spacial score (nSPS) is 10.7. The van der Waals surface area contributed by atoms with Crippen molar-refractivity contribution in [2.75, 3.05) is 20.2 Å². The van der Waals surface area contributed by atoms with Gasteiger partial charge in [-0.2, -0.15) is 0 Å². The first-order valence-corrected chi connectivity index (χ1v) is 6.15. The molecule has 0 aromatic heterocycles. The van der Waals surface area contributed by atoms with Crippen molar-refractivity contribution < 1.29 is 14.6 Å². The van der Waals surface area contributed by atoms with E-state index in [4.69, 9.17) is 9.84 Å². The molecule has 0 saturated carbocycles. The van der Waals surface area contributed by atoms with Gasteiger partial charge in [-0.05, 0) is 38.1 Å². The number of aliphatic carboxylic acids is 1. The van der Waals surface area contributed by atoms with Crippen LogP contribution in [-0.2, 0) is 11.3 Å². The molecule has 4 heteroatoms. The molecule has 0 atom stereocenters. The number of carboxylic acids is 1. The predicted molar refractivity (Wildman–Crippen MR) is 70.9 cm³/mol. The van der Waals surface area contributed by atoms with Crippen LogP contribution in [0, 0.1) is 6.92 Å². The monoisotopic (exact) mass is 251 g/mol. The van der Waals surface area contributed by atoms with Gasteiger partial charge in [0.1, 0.15) is 5.75 Å². The Morgan fingerprint density at radius 3 is 2.72 bits per heavy atom. The number of nitrogens with zero attached hydrogens (tertiary/aromatic N) is 1. The fourth-order valence-corrected chi connectivity index (χ4v) is 1.80. The summed E-state index contributed by atoms with van der Waals surface area (Å²) >= 11 is 0. The Bertz CT molecular complexity index is 404. The second kappa shape index (κ2) is 7.01. The van der Waals surface area contributed by atoms with Gasteiger partial charge in [0.2, 0.25) is 0 Å². The van der Waals surface area contributed by atoms with Crippen molar-refractivity contribution in [3.8, 4) is 5.75 Å². The van der Waals surface area contributed by atoms with Gasteiger partial charge in [0, 0.05) is 13.1 Å². The van der Waals surface area contributed by atoms with Gasteiger partial charge in [-0.25, -0.2) is 0 Å². The van der Waals surface area contributed by atoms with Crippen LogP contribution in [0.25, 0.3) is 0 Å². The first-order valence-electron chi connectivity index (χ1n) is 6.15. The van der Waals surface area contributed by atoms with Crippen molar-refractivity contribution in [3.05, 3.63) is 29.3 Å². The van der Waals surface area contributed by atoms with E-state index in [2.05, 4.69) is 6.07 Å². The molecule has 0 aliphatic rings. The molecule has 0 radical (unpaired) electrons. The second-order valence-electron chi connectivity index (χ2n) is 4.41. The van der Waals surface area contributed by atoms with E-state index in [0.29, 0.717) is 13.2 Å². The Hall–Kier alpha value is -1.55. The summed E-state index contributed by atoms with van der Waals surface area (Å²) in [5, 5.41) is 8.62. The highest BCUT2D eigenvalue weighted by atomic mass is 16.5. The van der Waals surface area contributed by atoms with Crippen molar-refractivity contribution in [3.63, 3.8) is 0 Å². The minimum atomic E-state index is -0.760. The average molecular weight is 251 g/mol. The lowest BCUT2D eigenvalue weighted by atomic mass is 10.1. The smallest absolute Gasteiger partial charge is 0.304 e. The number of carbonyl (C=O) groups is 1. The molecule has 1 rings (SSSR count). The third-order valence-electron chi connectivity index (χ3n) is 2.70. The third-order valence-corrected chi connectivity index (χ3v) is 2.70. The van der Waals surface area contributed by atoms with Crippen LogP contribution >= 0.6 is 0 Å². The summed E-state index contributed by atoms with van der Waals surface area (Å²) < 4.78 is 5.48. The van der Waals surface area contributed by atoms with Crippen LogP contribution in [0.5, 0.6) is 5.75 Å². The van der Waals surface area contributed by atoms with E-state index in [1.165, 1.54) is 5.56 Å². The van der Waals surface area contributed by atoms with Gasteiger partial charge in [-0.1, -0.05) is 12.1 Å². The molecule has 0 bridgehead atoms. The zero-order chi connectivity index (χ0) is 13.5. The van der Waals surface area contributed by atoms with E-state index in [9.17, 15) is 4.79 Å². The van der Waals surface area contributed by atoms with Crippen LogP contribution in [0.1, 0.15) is 24.5 Å². The summed E-state index contributed by atoms with van der Waals surface area (Å²) in [6.07, 6.45) is 0.173. The molecule has 1 N–H and O–H groups in total. The topological polar surface area (TPSA) is 49.8 Å². The number of rotatable bonds is 7. The first kappa shape index (κ1) is 14.5. The maximum atomic E-state index is 10.5. The Balaban J connectivity index is 2.57. The van der Waals surface area contributed by atoms with Gasteiger partial charge >= 0.3 is 5.97 Å². The average Bonchev–Trinajstić information content (AvgIpc) is 2.30. The summed E-state index contributed by atoms with van der Waals surface area (Å²) in [4.78, 5) is 12.5.